The van der Waals surface area contributed by atoms with Crippen molar-refractivity contribution in [1.82, 2.24) is 4.90 Å². The van der Waals surface area contributed by atoms with E-state index in [-0.39, 0.29) is 17.2 Å². The summed E-state index contributed by atoms with van der Waals surface area (Å²) < 4.78 is 37.6. The first-order valence-corrected chi connectivity index (χ1v) is 10.8. The number of benzene rings is 2. The zero-order valence-electron chi connectivity index (χ0n) is 15.7. The first-order chi connectivity index (χ1) is 13.7. The lowest BCUT2D eigenvalue weighted by Crippen LogP contribution is -2.49. The molecule has 2 aromatic rings. The number of carbonyl (C=O) groups excluding carboxylic acids is 1. The van der Waals surface area contributed by atoms with Crippen LogP contribution in [0, 0.1) is 15.9 Å². The standard InChI is InChI=1S/C19H20FN3O5S/c1-29(27,28)18-13-15(6-7-17(18)23(25)26)21-8-10-22(11-9-21)19(24)12-14-4-2-3-5-16(14)20/h2-7,13H,8-12H2,1H3. The second-order valence-electron chi connectivity index (χ2n) is 6.82. The van der Waals surface area contributed by atoms with Gasteiger partial charge in [0.15, 0.2) is 9.84 Å². The van der Waals surface area contributed by atoms with E-state index in [1.165, 1.54) is 24.3 Å². The van der Waals surface area contributed by atoms with Gasteiger partial charge in [-0.15, -0.1) is 0 Å². The number of nitro groups is 1. The maximum Gasteiger partial charge on any atom is 0.288 e. The molecule has 8 nitrogen and oxygen atoms in total. The molecular formula is C19H20FN3O5S. The summed E-state index contributed by atoms with van der Waals surface area (Å²) in [4.78, 5) is 26.0. The van der Waals surface area contributed by atoms with Crippen molar-refractivity contribution in [3.05, 3.63) is 64.0 Å². The van der Waals surface area contributed by atoms with Gasteiger partial charge in [0.25, 0.3) is 5.69 Å². The van der Waals surface area contributed by atoms with E-state index in [1.807, 2.05) is 4.90 Å². The predicted molar refractivity (Wildman–Crippen MR) is 105 cm³/mol. The molecule has 0 N–H and O–H groups in total. The Bertz CT molecular complexity index is 1050. The van der Waals surface area contributed by atoms with Crippen molar-refractivity contribution < 1.29 is 22.5 Å². The first kappa shape index (κ1) is 20.7. The summed E-state index contributed by atoms with van der Waals surface area (Å²) in [7, 11) is -3.77. The number of halogens is 1. The Morgan fingerprint density at radius 1 is 1.14 bits per heavy atom. The largest absolute Gasteiger partial charge is 0.368 e. The fourth-order valence-electron chi connectivity index (χ4n) is 3.28. The van der Waals surface area contributed by atoms with Gasteiger partial charge in [-0.1, -0.05) is 18.2 Å². The van der Waals surface area contributed by atoms with Crippen LogP contribution in [0.1, 0.15) is 5.56 Å². The van der Waals surface area contributed by atoms with Crippen LogP contribution in [0.4, 0.5) is 15.8 Å². The monoisotopic (exact) mass is 421 g/mol. The van der Waals surface area contributed by atoms with Crippen LogP contribution in [0.25, 0.3) is 0 Å². The first-order valence-electron chi connectivity index (χ1n) is 8.91. The minimum absolute atomic E-state index is 0.0254. The number of sulfone groups is 1. The van der Waals surface area contributed by atoms with Crippen molar-refractivity contribution in [2.75, 3.05) is 37.3 Å². The number of hydrogen-bond donors (Lipinski definition) is 0. The normalized spacial score (nSPS) is 14.7. The molecular weight excluding hydrogens is 401 g/mol. The average Bonchev–Trinajstić information content (AvgIpc) is 2.68. The molecule has 0 bridgehead atoms. The molecule has 154 valence electrons. The van der Waals surface area contributed by atoms with Crippen LogP contribution in [-0.4, -0.2) is 56.6 Å². The van der Waals surface area contributed by atoms with E-state index in [2.05, 4.69) is 0 Å². The zero-order chi connectivity index (χ0) is 21.2. The van der Waals surface area contributed by atoms with Gasteiger partial charge in [-0.25, -0.2) is 12.8 Å². The molecule has 1 saturated heterocycles. The van der Waals surface area contributed by atoms with Gasteiger partial charge in [0.1, 0.15) is 10.7 Å². The third kappa shape index (κ3) is 4.70. The average molecular weight is 421 g/mol. The fourth-order valence-corrected chi connectivity index (χ4v) is 4.14. The van der Waals surface area contributed by atoms with Gasteiger partial charge in [-0.2, -0.15) is 0 Å². The van der Waals surface area contributed by atoms with Crippen LogP contribution in [0.5, 0.6) is 0 Å². The van der Waals surface area contributed by atoms with Gasteiger partial charge in [0, 0.05) is 44.2 Å². The van der Waals surface area contributed by atoms with E-state index in [1.54, 1.807) is 23.1 Å². The predicted octanol–water partition coefficient (Wildman–Crippen LogP) is 2.03. The number of nitro benzene ring substituents is 1. The highest BCUT2D eigenvalue weighted by Crippen LogP contribution is 2.29. The lowest BCUT2D eigenvalue weighted by atomic mass is 10.1. The topological polar surface area (TPSA) is 101 Å². The van der Waals surface area contributed by atoms with Gasteiger partial charge >= 0.3 is 0 Å². The molecule has 1 fully saturated rings. The van der Waals surface area contributed by atoms with E-state index < -0.39 is 26.3 Å². The number of nitrogens with zero attached hydrogens (tertiary/aromatic N) is 3. The summed E-state index contributed by atoms with van der Waals surface area (Å²) in [6, 6.07) is 10.1. The van der Waals surface area contributed by atoms with E-state index >= 15 is 0 Å². The Balaban J connectivity index is 1.70. The summed E-state index contributed by atoms with van der Waals surface area (Å²) in [5, 5.41) is 11.1. The summed E-state index contributed by atoms with van der Waals surface area (Å²) in [6.07, 6.45) is 0.904. The molecule has 0 aliphatic carbocycles. The number of piperazine rings is 1. The fraction of sp³-hybridized carbons (Fsp3) is 0.316. The molecule has 1 amide bonds. The zero-order valence-corrected chi connectivity index (χ0v) is 16.6. The number of anilines is 1. The second kappa shape index (κ2) is 8.16. The smallest absolute Gasteiger partial charge is 0.288 e. The Labute approximate surface area is 167 Å². The molecule has 0 radical (unpaired) electrons. The molecule has 0 saturated carbocycles. The highest BCUT2D eigenvalue weighted by Gasteiger charge is 2.26. The van der Waals surface area contributed by atoms with Gasteiger partial charge in [-0.3, -0.25) is 14.9 Å². The molecule has 1 heterocycles. The Morgan fingerprint density at radius 2 is 1.79 bits per heavy atom. The van der Waals surface area contributed by atoms with E-state index in [9.17, 15) is 27.7 Å². The van der Waals surface area contributed by atoms with Crippen LogP contribution >= 0.6 is 0 Å². The molecule has 2 aromatic carbocycles. The lowest BCUT2D eigenvalue weighted by molar-refractivity contribution is -0.387. The van der Waals surface area contributed by atoms with Crippen LogP contribution in [0.15, 0.2) is 47.4 Å². The molecule has 0 aromatic heterocycles. The Morgan fingerprint density at radius 3 is 2.38 bits per heavy atom. The molecule has 0 atom stereocenters. The van der Waals surface area contributed by atoms with Gasteiger partial charge < -0.3 is 9.80 Å². The van der Waals surface area contributed by atoms with Crippen molar-refractivity contribution in [2.45, 2.75) is 11.3 Å². The molecule has 29 heavy (non-hydrogen) atoms. The molecule has 0 spiro atoms. The molecule has 1 aliphatic heterocycles. The third-order valence-electron chi connectivity index (χ3n) is 4.84. The SMILES string of the molecule is CS(=O)(=O)c1cc(N2CCN(C(=O)Cc3ccccc3F)CC2)ccc1[N+](=O)[O-]. The number of hydrogen-bond acceptors (Lipinski definition) is 6. The summed E-state index contributed by atoms with van der Waals surface area (Å²) in [6.45, 7) is 1.64. The highest BCUT2D eigenvalue weighted by molar-refractivity contribution is 7.90. The van der Waals surface area contributed by atoms with Gasteiger partial charge in [0.2, 0.25) is 5.91 Å². The summed E-state index contributed by atoms with van der Waals surface area (Å²) in [5.41, 5.74) is 0.417. The maximum atomic E-state index is 13.7. The number of rotatable bonds is 5. The molecule has 3 rings (SSSR count). The lowest BCUT2D eigenvalue weighted by Gasteiger charge is -2.36. The third-order valence-corrected chi connectivity index (χ3v) is 5.96. The van der Waals surface area contributed by atoms with Crippen molar-refractivity contribution in [1.29, 1.82) is 0 Å². The van der Waals surface area contributed by atoms with E-state index in [4.69, 9.17) is 0 Å². The quantitative estimate of drug-likeness (QED) is 0.541. The van der Waals surface area contributed by atoms with Crippen LogP contribution < -0.4 is 4.90 Å². The Kier molecular flexibility index (Phi) is 5.83. The maximum absolute atomic E-state index is 13.7. The van der Waals surface area contributed by atoms with Crippen LogP contribution in [0.2, 0.25) is 0 Å². The second-order valence-corrected chi connectivity index (χ2v) is 8.80. The molecule has 1 aliphatic rings. The molecule has 10 heteroatoms. The van der Waals surface area contributed by atoms with Gasteiger partial charge in [0.05, 0.1) is 11.3 Å². The van der Waals surface area contributed by atoms with Crippen molar-refractivity contribution in [3.8, 4) is 0 Å². The summed E-state index contributed by atoms with van der Waals surface area (Å²) in [5.74, 6) is -0.603. The van der Waals surface area contributed by atoms with E-state index in [0.29, 0.717) is 37.4 Å². The van der Waals surface area contributed by atoms with Gasteiger partial charge in [-0.05, 0) is 23.8 Å². The molecule has 0 unspecified atom stereocenters. The number of amides is 1. The van der Waals surface area contributed by atoms with Crippen molar-refractivity contribution in [3.63, 3.8) is 0 Å². The Hall–Kier alpha value is -3.01. The van der Waals surface area contributed by atoms with Crippen LogP contribution in [-0.2, 0) is 21.1 Å². The van der Waals surface area contributed by atoms with Crippen LogP contribution in [0.3, 0.4) is 0 Å². The highest BCUT2D eigenvalue weighted by atomic mass is 32.2. The minimum Gasteiger partial charge on any atom is -0.368 e. The van der Waals surface area contributed by atoms with Crippen molar-refractivity contribution >= 4 is 27.1 Å². The minimum atomic E-state index is -3.77. The van der Waals surface area contributed by atoms with E-state index in [0.717, 1.165) is 6.26 Å². The summed E-state index contributed by atoms with van der Waals surface area (Å²) >= 11 is 0. The van der Waals surface area contributed by atoms with Crippen molar-refractivity contribution in [2.24, 2.45) is 0 Å². The number of carbonyl (C=O) groups is 1.